The van der Waals surface area contributed by atoms with E-state index < -0.39 is 0 Å². The van der Waals surface area contributed by atoms with E-state index in [1.54, 1.807) is 11.3 Å². The molecule has 57 heavy (non-hydrogen) atoms. The van der Waals surface area contributed by atoms with Crippen LogP contribution in [0.1, 0.15) is 0 Å². The second-order valence-electron chi connectivity index (χ2n) is 14.2. The Balaban J connectivity index is 1.04. The van der Waals surface area contributed by atoms with Gasteiger partial charge in [-0.2, -0.15) is 0 Å². The lowest BCUT2D eigenvalue weighted by Crippen LogP contribution is -2.00. The van der Waals surface area contributed by atoms with Crippen LogP contribution in [0, 0.1) is 0 Å². The van der Waals surface area contributed by atoms with Crippen molar-refractivity contribution in [1.29, 1.82) is 0 Å². The molecule has 12 aromatic rings. The molecule has 7 heteroatoms. The monoisotopic (exact) mass is 748 g/mol. The summed E-state index contributed by atoms with van der Waals surface area (Å²) in [4.78, 5) is 20.4. The quantitative estimate of drug-likeness (QED) is 0.174. The number of nitrogens with zero attached hydrogens (tertiary/aromatic N) is 4. The Morgan fingerprint density at radius 3 is 1.88 bits per heavy atom. The van der Waals surface area contributed by atoms with Crippen molar-refractivity contribution in [3.8, 4) is 56.7 Å². The van der Waals surface area contributed by atoms with E-state index >= 15 is 0 Å². The maximum absolute atomic E-state index is 6.47. The molecule has 0 amide bonds. The van der Waals surface area contributed by atoms with Crippen LogP contribution in [0.2, 0.25) is 0 Å². The molecule has 0 atom stereocenters. The van der Waals surface area contributed by atoms with Gasteiger partial charge in [-0.1, -0.05) is 121 Å². The number of rotatable bonds is 5. The molecule has 4 heterocycles. The van der Waals surface area contributed by atoms with E-state index in [-0.39, 0.29) is 0 Å². The van der Waals surface area contributed by atoms with E-state index in [1.165, 1.54) is 14.8 Å². The van der Waals surface area contributed by atoms with Crippen LogP contribution in [0.15, 0.2) is 179 Å². The van der Waals surface area contributed by atoms with E-state index in [1.807, 2.05) is 54.6 Å². The summed E-state index contributed by atoms with van der Waals surface area (Å²) in [7, 11) is 0. The third-order valence-corrected chi connectivity index (χ3v) is 11.9. The van der Waals surface area contributed by atoms with Crippen molar-refractivity contribution in [3.63, 3.8) is 0 Å². The summed E-state index contributed by atoms with van der Waals surface area (Å²) in [6.07, 6.45) is 0. The van der Waals surface area contributed by atoms with Gasteiger partial charge >= 0.3 is 0 Å². The molecule has 6 nitrogen and oxygen atoms in total. The molecule has 0 fully saturated rings. The highest BCUT2D eigenvalue weighted by Crippen LogP contribution is 2.42. The van der Waals surface area contributed by atoms with Crippen LogP contribution in [0.4, 0.5) is 0 Å². The zero-order valence-corrected chi connectivity index (χ0v) is 31.0. The Morgan fingerprint density at radius 2 is 1.04 bits per heavy atom. The van der Waals surface area contributed by atoms with E-state index in [2.05, 4.69) is 115 Å². The average molecular weight is 749 g/mol. The number of hydrogen-bond acceptors (Lipinski definition) is 7. The fourth-order valence-corrected chi connectivity index (χ4v) is 9.20. The van der Waals surface area contributed by atoms with E-state index in [0.29, 0.717) is 28.9 Å². The molecule has 4 aromatic heterocycles. The van der Waals surface area contributed by atoms with Gasteiger partial charge in [0.2, 0.25) is 5.89 Å². The fraction of sp³-hybridized carbons (Fsp3) is 0. The van der Waals surface area contributed by atoms with Crippen molar-refractivity contribution in [2.75, 3.05) is 0 Å². The van der Waals surface area contributed by atoms with Gasteiger partial charge in [0, 0.05) is 47.8 Å². The molecule has 0 aliphatic heterocycles. The summed E-state index contributed by atoms with van der Waals surface area (Å²) >= 11 is 1.79. The molecule has 0 spiro atoms. The second-order valence-corrected chi connectivity index (χ2v) is 15.3. The number of thiophene rings is 1. The summed E-state index contributed by atoms with van der Waals surface area (Å²) in [5.41, 5.74) is 9.04. The Hall–Kier alpha value is -7.48. The third-order valence-electron chi connectivity index (χ3n) is 10.8. The van der Waals surface area contributed by atoms with Crippen molar-refractivity contribution < 1.29 is 8.83 Å². The van der Waals surface area contributed by atoms with E-state index in [9.17, 15) is 0 Å². The lowest BCUT2D eigenvalue weighted by atomic mass is 10.0. The van der Waals surface area contributed by atoms with Gasteiger partial charge in [-0.15, -0.1) is 11.3 Å². The van der Waals surface area contributed by atoms with Crippen molar-refractivity contribution in [2.24, 2.45) is 0 Å². The van der Waals surface area contributed by atoms with Crippen LogP contribution in [-0.4, -0.2) is 19.9 Å². The summed E-state index contributed by atoms with van der Waals surface area (Å²) in [5, 5.41) is 6.33. The fourth-order valence-electron chi connectivity index (χ4n) is 8.07. The molecule has 12 rings (SSSR count). The van der Waals surface area contributed by atoms with Gasteiger partial charge in [-0.3, -0.25) is 0 Å². The molecular weight excluding hydrogens is 721 g/mol. The topological polar surface area (TPSA) is 77.8 Å². The largest absolute Gasteiger partial charge is 0.456 e. The molecule has 0 bridgehead atoms. The average Bonchev–Trinajstić information content (AvgIpc) is 4.00. The summed E-state index contributed by atoms with van der Waals surface area (Å²) in [5.74, 6) is 2.43. The first kappa shape index (κ1) is 31.8. The number of benzene rings is 8. The van der Waals surface area contributed by atoms with Gasteiger partial charge in [0.25, 0.3) is 0 Å². The van der Waals surface area contributed by atoms with Gasteiger partial charge < -0.3 is 8.83 Å². The number of oxazole rings is 1. The smallest absolute Gasteiger partial charge is 0.227 e. The molecule has 0 saturated carbocycles. The Morgan fingerprint density at radius 1 is 0.386 bits per heavy atom. The maximum Gasteiger partial charge on any atom is 0.227 e. The Bertz CT molecular complexity index is 3520. The van der Waals surface area contributed by atoms with Crippen LogP contribution < -0.4 is 0 Å². The maximum atomic E-state index is 6.47. The highest BCUT2D eigenvalue weighted by Gasteiger charge is 2.21. The minimum Gasteiger partial charge on any atom is -0.456 e. The molecule has 8 aromatic carbocycles. The summed E-state index contributed by atoms with van der Waals surface area (Å²) in [6, 6.07) is 58.2. The summed E-state index contributed by atoms with van der Waals surface area (Å²) in [6.45, 7) is 0. The Labute approximate surface area is 329 Å². The summed E-state index contributed by atoms with van der Waals surface area (Å²) < 4.78 is 15.3. The molecule has 0 radical (unpaired) electrons. The standard InChI is InChI=1S/C50H28N4O2S/c1-3-10-29(11-4-1)30-18-20-31(21-19-30)47-52-48(54-49(53-47)37-15-9-17-42-43(37)36-14-7-8-16-41(36)57-42)34-22-24-35-33(28-34)23-26-39-44(35)45-40(55-39)27-25-38-46(45)56-50(51-38)32-12-5-2-6-13-32/h1-28H. The van der Waals surface area contributed by atoms with E-state index in [0.717, 1.165) is 77.0 Å². The van der Waals surface area contributed by atoms with Crippen LogP contribution >= 0.6 is 11.3 Å². The second kappa shape index (κ2) is 12.5. The normalized spacial score (nSPS) is 11.9. The predicted octanol–water partition coefficient (Wildman–Crippen LogP) is 13.8. The molecule has 0 aliphatic carbocycles. The SMILES string of the molecule is c1ccc(-c2ccc(-c3nc(-c4ccc5c(ccc6oc7ccc8nc(-c9ccccc9)oc8c7c65)c4)nc(-c4cccc5sc6ccccc6c45)n3)cc2)cc1. The van der Waals surface area contributed by atoms with E-state index in [4.69, 9.17) is 28.8 Å². The predicted molar refractivity (Wildman–Crippen MR) is 232 cm³/mol. The van der Waals surface area contributed by atoms with Crippen molar-refractivity contribution >= 4 is 75.3 Å². The first-order valence-electron chi connectivity index (χ1n) is 18.8. The van der Waals surface area contributed by atoms with Gasteiger partial charge in [0.1, 0.15) is 16.7 Å². The highest BCUT2D eigenvalue weighted by molar-refractivity contribution is 7.25. The van der Waals surface area contributed by atoms with Crippen LogP contribution in [-0.2, 0) is 0 Å². The van der Waals surface area contributed by atoms with Gasteiger partial charge in [0.05, 0.1) is 5.39 Å². The van der Waals surface area contributed by atoms with Gasteiger partial charge in [-0.25, -0.2) is 19.9 Å². The zero-order chi connectivity index (χ0) is 37.5. The number of hydrogen-bond donors (Lipinski definition) is 0. The van der Waals surface area contributed by atoms with Crippen LogP contribution in [0.3, 0.4) is 0 Å². The first-order valence-corrected chi connectivity index (χ1v) is 19.6. The number of furan rings is 1. The highest BCUT2D eigenvalue weighted by atomic mass is 32.1. The third kappa shape index (κ3) is 5.17. The lowest BCUT2D eigenvalue weighted by molar-refractivity contribution is 0.622. The molecule has 0 unspecified atom stereocenters. The van der Waals surface area contributed by atoms with Gasteiger partial charge in [0.15, 0.2) is 23.1 Å². The molecule has 0 N–H and O–H groups in total. The van der Waals surface area contributed by atoms with Crippen molar-refractivity contribution in [1.82, 2.24) is 19.9 Å². The molecule has 0 saturated heterocycles. The number of aromatic nitrogens is 4. The van der Waals surface area contributed by atoms with Crippen molar-refractivity contribution in [3.05, 3.63) is 170 Å². The van der Waals surface area contributed by atoms with Gasteiger partial charge in [-0.05, 0) is 70.4 Å². The Kier molecular flexibility index (Phi) is 7.00. The van der Waals surface area contributed by atoms with Crippen molar-refractivity contribution in [2.45, 2.75) is 0 Å². The minimum absolute atomic E-state index is 0.581. The molecule has 266 valence electrons. The first-order chi connectivity index (χ1) is 28.2. The molecule has 0 aliphatic rings. The zero-order valence-electron chi connectivity index (χ0n) is 30.2. The minimum atomic E-state index is 0.581. The number of fused-ring (bicyclic) bond motifs is 10. The lowest BCUT2D eigenvalue weighted by Gasteiger charge is -2.11. The van der Waals surface area contributed by atoms with Crippen LogP contribution in [0.25, 0.3) is 121 Å². The molecular formula is C50H28N4O2S. The van der Waals surface area contributed by atoms with Crippen LogP contribution in [0.5, 0.6) is 0 Å².